The van der Waals surface area contributed by atoms with Crippen LogP contribution in [0.4, 0.5) is 5.69 Å². The molecule has 1 atom stereocenters. The summed E-state index contributed by atoms with van der Waals surface area (Å²) in [6.07, 6.45) is 0. The SMILES string of the molecule is COCCS(=O)Cc1cccc(NC(=O)c2ccc(CN)cc2)c1. The number of amides is 1. The minimum absolute atomic E-state index is 0.184. The third-order valence-corrected chi connectivity index (χ3v) is 4.76. The lowest BCUT2D eigenvalue weighted by Gasteiger charge is -2.08. The number of nitrogens with two attached hydrogens (primary N) is 1. The average Bonchev–Trinajstić information content (AvgIpc) is 2.60. The zero-order valence-electron chi connectivity index (χ0n) is 13.7. The number of hydrogen-bond acceptors (Lipinski definition) is 4. The predicted octanol–water partition coefficient (Wildman–Crippen LogP) is 2.29. The van der Waals surface area contributed by atoms with Crippen molar-refractivity contribution in [3.8, 4) is 0 Å². The maximum Gasteiger partial charge on any atom is 0.255 e. The van der Waals surface area contributed by atoms with Gasteiger partial charge in [0.25, 0.3) is 5.91 Å². The van der Waals surface area contributed by atoms with Crippen LogP contribution in [0.5, 0.6) is 0 Å². The molecule has 0 spiro atoms. The third kappa shape index (κ3) is 5.56. The van der Waals surface area contributed by atoms with Crippen molar-refractivity contribution in [2.75, 3.05) is 24.8 Å². The van der Waals surface area contributed by atoms with E-state index in [4.69, 9.17) is 10.5 Å². The molecule has 0 bridgehead atoms. The molecular weight excluding hydrogens is 324 g/mol. The Hall–Kier alpha value is -2.02. The number of rotatable bonds is 8. The Kier molecular flexibility index (Phi) is 7.11. The van der Waals surface area contributed by atoms with E-state index in [-0.39, 0.29) is 5.91 Å². The van der Waals surface area contributed by atoms with Gasteiger partial charge in [-0.05, 0) is 35.4 Å². The molecule has 2 aromatic rings. The maximum absolute atomic E-state index is 12.3. The van der Waals surface area contributed by atoms with Gasteiger partial charge in [-0.25, -0.2) is 0 Å². The summed E-state index contributed by atoms with van der Waals surface area (Å²) in [7, 11) is 0.610. The molecule has 5 nitrogen and oxygen atoms in total. The Morgan fingerprint density at radius 1 is 1.17 bits per heavy atom. The van der Waals surface area contributed by atoms with Gasteiger partial charge in [-0.1, -0.05) is 24.3 Å². The number of hydrogen-bond donors (Lipinski definition) is 2. The molecule has 0 aromatic heterocycles. The lowest BCUT2D eigenvalue weighted by Crippen LogP contribution is -2.12. The van der Waals surface area contributed by atoms with Crippen LogP contribution in [0.15, 0.2) is 48.5 Å². The van der Waals surface area contributed by atoms with Gasteiger partial charge in [-0.2, -0.15) is 0 Å². The summed E-state index contributed by atoms with van der Waals surface area (Å²) in [5, 5.41) is 2.86. The van der Waals surface area contributed by atoms with Gasteiger partial charge in [0.1, 0.15) is 0 Å². The lowest BCUT2D eigenvalue weighted by molar-refractivity contribution is 0.102. The largest absolute Gasteiger partial charge is 0.384 e. The average molecular weight is 346 g/mol. The highest BCUT2D eigenvalue weighted by molar-refractivity contribution is 7.84. The Labute approximate surface area is 144 Å². The number of nitrogens with one attached hydrogen (secondary N) is 1. The number of benzene rings is 2. The number of methoxy groups -OCH3 is 1. The van der Waals surface area contributed by atoms with Crippen LogP contribution in [0.1, 0.15) is 21.5 Å². The molecule has 1 unspecified atom stereocenters. The molecule has 0 aliphatic carbocycles. The summed E-state index contributed by atoms with van der Waals surface area (Å²) in [6, 6.07) is 14.6. The summed E-state index contributed by atoms with van der Waals surface area (Å²) < 4.78 is 16.9. The predicted molar refractivity (Wildman–Crippen MR) is 97.3 cm³/mol. The minimum Gasteiger partial charge on any atom is -0.384 e. The first-order valence-corrected chi connectivity index (χ1v) is 9.14. The maximum atomic E-state index is 12.3. The first-order valence-electron chi connectivity index (χ1n) is 7.65. The first-order chi connectivity index (χ1) is 11.6. The van der Waals surface area contributed by atoms with Gasteiger partial charge in [-0.15, -0.1) is 0 Å². The first kappa shape index (κ1) is 18.3. The zero-order chi connectivity index (χ0) is 17.4. The smallest absolute Gasteiger partial charge is 0.255 e. The van der Waals surface area contributed by atoms with Crippen LogP contribution >= 0.6 is 0 Å². The molecule has 0 radical (unpaired) electrons. The molecular formula is C18H22N2O3S. The van der Waals surface area contributed by atoms with Gasteiger partial charge in [0.15, 0.2) is 0 Å². The van der Waals surface area contributed by atoms with Crippen LogP contribution in [0.25, 0.3) is 0 Å². The van der Waals surface area contributed by atoms with Crippen LogP contribution in [-0.4, -0.2) is 29.6 Å². The van der Waals surface area contributed by atoms with Gasteiger partial charge in [0, 0.05) is 47.2 Å². The molecule has 0 saturated heterocycles. The minimum atomic E-state index is -0.981. The van der Waals surface area contributed by atoms with E-state index in [1.54, 1.807) is 19.2 Å². The van der Waals surface area contributed by atoms with Crippen LogP contribution in [-0.2, 0) is 27.8 Å². The van der Waals surface area contributed by atoms with E-state index in [0.29, 0.717) is 35.9 Å². The van der Waals surface area contributed by atoms with E-state index >= 15 is 0 Å². The van der Waals surface area contributed by atoms with Crippen LogP contribution in [0.3, 0.4) is 0 Å². The van der Waals surface area contributed by atoms with Gasteiger partial charge >= 0.3 is 0 Å². The molecule has 24 heavy (non-hydrogen) atoms. The molecule has 3 N–H and O–H groups in total. The Morgan fingerprint density at radius 2 is 1.92 bits per heavy atom. The van der Waals surface area contributed by atoms with E-state index in [1.807, 2.05) is 36.4 Å². The third-order valence-electron chi connectivity index (χ3n) is 3.48. The van der Waals surface area contributed by atoms with Gasteiger partial charge in [-0.3, -0.25) is 9.00 Å². The summed E-state index contributed by atoms with van der Waals surface area (Å²) in [5.41, 5.74) is 8.70. The molecule has 0 fully saturated rings. The van der Waals surface area contributed by atoms with Crippen LogP contribution in [0.2, 0.25) is 0 Å². The molecule has 0 aliphatic heterocycles. The van der Waals surface area contributed by atoms with E-state index in [9.17, 15) is 9.00 Å². The fraction of sp³-hybridized carbons (Fsp3) is 0.278. The summed E-state index contributed by atoms with van der Waals surface area (Å²) in [6.45, 7) is 0.923. The molecule has 128 valence electrons. The lowest BCUT2D eigenvalue weighted by atomic mass is 10.1. The summed E-state index contributed by atoms with van der Waals surface area (Å²) in [5.74, 6) is 0.759. The highest BCUT2D eigenvalue weighted by Gasteiger charge is 2.07. The zero-order valence-corrected chi connectivity index (χ0v) is 14.5. The van der Waals surface area contributed by atoms with Gasteiger partial charge in [0.2, 0.25) is 0 Å². The number of carbonyl (C=O) groups excluding carboxylic acids is 1. The van der Waals surface area contributed by atoms with Crippen molar-refractivity contribution in [3.63, 3.8) is 0 Å². The Bertz CT molecular complexity index is 702. The fourth-order valence-electron chi connectivity index (χ4n) is 2.17. The highest BCUT2D eigenvalue weighted by atomic mass is 32.2. The second-order valence-corrected chi connectivity index (χ2v) is 6.91. The second kappa shape index (κ2) is 9.32. The van der Waals surface area contributed by atoms with Crippen molar-refractivity contribution in [2.24, 2.45) is 5.73 Å². The normalized spacial score (nSPS) is 11.9. The van der Waals surface area contributed by atoms with Crippen molar-refractivity contribution in [3.05, 3.63) is 65.2 Å². The molecule has 0 heterocycles. The molecule has 1 amide bonds. The number of carbonyl (C=O) groups is 1. The molecule has 0 saturated carbocycles. The molecule has 6 heteroatoms. The Balaban J connectivity index is 2.00. The molecule has 2 rings (SSSR count). The van der Waals surface area contributed by atoms with Gasteiger partial charge < -0.3 is 15.8 Å². The number of anilines is 1. The fourth-order valence-corrected chi connectivity index (χ4v) is 3.22. The van der Waals surface area contributed by atoms with Crippen LogP contribution in [0, 0.1) is 0 Å². The van der Waals surface area contributed by atoms with Crippen molar-refractivity contribution < 1.29 is 13.7 Å². The molecule has 0 aliphatic rings. The quantitative estimate of drug-likeness (QED) is 0.768. The van der Waals surface area contributed by atoms with Gasteiger partial charge in [0.05, 0.1) is 6.61 Å². The second-order valence-electron chi connectivity index (χ2n) is 5.34. The topological polar surface area (TPSA) is 81.4 Å². The van der Waals surface area contributed by atoms with E-state index in [0.717, 1.165) is 11.1 Å². The summed E-state index contributed by atoms with van der Waals surface area (Å²) in [4.78, 5) is 12.3. The van der Waals surface area contributed by atoms with Crippen molar-refractivity contribution >= 4 is 22.4 Å². The van der Waals surface area contributed by atoms with Crippen molar-refractivity contribution in [1.82, 2.24) is 0 Å². The summed E-state index contributed by atoms with van der Waals surface area (Å²) >= 11 is 0. The monoisotopic (exact) mass is 346 g/mol. The highest BCUT2D eigenvalue weighted by Crippen LogP contribution is 2.14. The molecule has 2 aromatic carbocycles. The number of ether oxygens (including phenoxy) is 1. The van der Waals surface area contributed by atoms with Crippen molar-refractivity contribution in [1.29, 1.82) is 0 Å². The Morgan fingerprint density at radius 3 is 2.58 bits per heavy atom. The van der Waals surface area contributed by atoms with E-state index < -0.39 is 10.8 Å². The van der Waals surface area contributed by atoms with E-state index in [2.05, 4.69) is 5.32 Å². The van der Waals surface area contributed by atoms with E-state index in [1.165, 1.54) is 0 Å². The van der Waals surface area contributed by atoms with Crippen molar-refractivity contribution in [2.45, 2.75) is 12.3 Å². The van der Waals surface area contributed by atoms with Crippen LogP contribution < -0.4 is 11.1 Å². The standard InChI is InChI=1S/C18H22N2O3S/c1-23-9-10-24(22)13-15-3-2-4-17(11-15)20-18(21)16-7-5-14(12-19)6-8-16/h2-8,11H,9-10,12-13,19H2,1H3,(H,20,21).